The van der Waals surface area contributed by atoms with E-state index in [1.54, 1.807) is 0 Å². The Labute approximate surface area is 618 Å². The normalized spacial score (nSPS) is 14.6. The zero-order valence-electron chi connectivity index (χ0n) is 63.7. The third kappa shape index (κ3) is 73.5. The van der Waals surface area contributed by atoms with Crippen LogP contribution < -0.4 is 0 Å². The molecule has 0 aromatic heterocycles. The molecule has 0 heterocycles. The Morgan fingerprint density at radius 3 is 0.863 bits per heavy atom. The van der Waals surface area contributed by atoms with Crippen LogP contribution in [0.15, 0.2) is 134 Å². The van der Waals surface area contributed by atoms with Gasteiger partial charge in [0.15, 0.2) is 12.2 Å². The fraction of sp³-hybridized carbons (Fsp3) is 0.687. The van der Waals surface area contributed by atoms with E-state index in [1.165, 1.54) is 64.2 Å². The Bertz CT molecular complexity index is 2460. The minimum atomic E-state index is -4.99. The molecule has 0 spiro atoms. The third-order valence-electron chi connectivity index (χ3n) is 16.1. The SMILES string of the molecule is CC/C=C\C/C=C\C/C=C\C/C=C\C/C=C\CCCC(=O)OCC(COP(=O)(O)OCC(O)COP(=O)(O)OCC(COC(=O)CCCCCC/C=C\C/C=C\C/C=C\C/C=C\CC)OC(=O)CCCCCCCCCCCCCCCCC)OC(=O)CCCCCCC/C=C\C/C=C\CCC. The average Bonchev–Trinajstić information content (AvgIpc) is 0.908. The zero-order chi connectivity index (χ0) is 74.6. The number of ether oxygens (including phenoxy) is 4. The lowest BCUT2D eigenvalue weighted by molar-refractivity contribution is -0.161. The molecule has 0 bridgehead atoms. The van der Waals surface area contributed by atoms with Gasteiger partial charge in [-0.3, -0.25) is 37.3 Å². The Kier molecular flexibility index (Phi) is 71.0. The standard InChI is InChI=1S/C83H140O17P2/c1-5-9-13-17-21-25-29-33-36-38-41-44-47-51-55-59-63-67-80(85)93-73-78(99-82(87)69-65-61-57-53-49-43-32-28-24-20-16-12-8-4)75-97-101(89,90)95-71-77(84)72-96-102(91,92)98-76-79(100-83(88)70-66-62-58-54-50-46-40-35-31-27-23-19-15-11-7-3)74-94-81(86)68-64-60-56-52-48-45-42-39-37-34-30-26-22-18-14-10-6-2/h9-10,13-14,16,20-22,25-26,28,32-34,36-37,41-42,44-45,51,55,77-79,84H,5-8,11-12,15,17-19,23-24,27,29-31,35,38-40,43,46-50,52-54,56-76H2,1-4H3,(H,89,90)(H,91,92)/b13-9-,14-10-,20-16-,25-21-,26-22-,32-28-,36-33-,37-34-,44-41-,45-42-,55-51-. The van der Waals surface area contributed by atoms with Crippen LogP contribution in [0.2, 0.25) is 0 Å². The molecule has 102 heavy (non-hydrogen) atoms. The van der Waals surface area contributed by atoms with Gasteiger partial charge in [-0.1, -0.05) is 290 Å². The Balaban J connectivity index is 5.42. The van der Waals surface area contributed by atoms with Gasteiger partial charge in [0, 0.05) is 25.7 Å². The second-order valence-electron chi connectivity index (χ2n) is 25.9. The fourth-order valence-electron chi connectivity index (χ4n) is 10.2. The van der Waals surface area contributed by atoms with E-state index in [0.29, 0.717) is 32.1 Å². The second-order valence-corrected chi connectivity index (χ2v) is 28.8. The summed E-state index contributed by atoms with van der Waals surface area (Å²) < 4.78 is 68.5. The minimum Gasteiger partial charge on any atom is -0.462 e. The molecule has 0 aliphatic carbocycles. The molecular formula is C83H140O17P2. The first-order valence-corrected chi connectivity index (χ1v) is 42.4. The minimum absolute atomic E-state index is 0.0632. The van der Waals surface area contributed by atoms with Crippen LogP contribution in [0.1, 0.15) is 310 Å². The monoisotopic (exact) mass is 1470 g/mol. The number of carbonyl (C=O) groups is 4. The summed E-state index contributed by atoms with van der Waals surface area (Å²) >= 11 is 0. The van der Waals surface area contributed by atoms with Crippen molar-refractivity contribution in [3.05, 3.63) is 134 Å². The summed E-state index contributed by atoms with van der Waals surface area (Å²) in [4.78, 5) is 73.0. The van der Waals surface area contributed by atoms with E-state index >= 15 is 0 Å². The van der Waals surface area contributed by atoms with Gasteiger partial charge in [0.25, 0.3) is 0 Å². The Morgan fingerprint density at radius 2 is 0.539 bits per heavy atom. The van der Waals surface area contributed by atoms with Gasteiger partial charge in [-0.15, -0.1) is 0 Å². The molecule has 584 valence electrons. The molecule has 19 heteroatoms. The summed E-state index contributed by atoms with van der Waals surface area (Å²) in [5.41, 5.74) is 0. The topological polar surface area (TPSA) is 237 Å². The number of hydrogen-bond acceptors (Lipinski definition) is 15. The molecule has 3 N–H and O–H groups in total. The summed E-state index contributed by atoms with van der Waals surface area (Å²) in [6.07, 6.45) is 83.0. The van der Waals surface area contributed by atoms with E-state index < -0.39 is 97.5 Å². The largest absolute Gasteiger partial charge is 0.472 e. The first-order chi connectivity index (χ1) is 49.7. The molecule has 5 unspecified atom stereocenters. The molecule has 0 aliphatic heterocycles. The van der Waals surface area contributed by atoms with Crippen molar-refractivity contribution in [2.75, 3.05) is 39.6 Å². The fourth-order valence-corrected chi connectivity index (χ4v) is 11.7. The van der Waals surface area contributed by atoms with Crippen molar-refractivity contribution < 1.29 is 80.2 Å². The van der Waals surface area contributed by atoms with Gasteiger partial charge < -0.3 is 33.8 Å². The second kappa shape index (κ2) is 74.5. The van der Waals surface area contributed by atoms with Crippen LogP contribution in [0.5, 0.6) is 0 Å². The van der Waals surface area contributed by atoms with Crippen molar-refractivity contribution in [1.29, 1.82) is 0 Å². The number of rotatable bonds is 73. The predicted molar refractivity (Wildman–Crippen MR) is 418 cm³/mol. The van der Waals surface area contributed by atoms with Crippen molar-refractivity contribution in [2.45, 2.75) is 329 Å². The maximum Gasteiger partial charge on any atom is 0.472 e. The number of aliphatic hydroxyl groups excluding tert-OH is 1. The molecule has 5 atom stereocenters. The lowest BCUT2D eigenvalue weighted by Gasteiger charge is -2.21. The van der Waals surface area contributed by atoms with E-state index in [9.17, 15) is 43.2 Å². The summed E-state index contributed by atoms with van der Waals surface area (Å²) in [6, 6.07) is 0. The zero-order valence-corrected chi connectivity index (χ0v) is 65.5. The van der Waals surface area contributed by atoms with Gasteiger partial charge >= 0.3 is 39.5 Å². The third-order valence-corrected chi connectivity index (χ3v) is 18.0. The van der Waals surface area contributed by atoms with Gasteiger partial charge in [-0.05, 0) is 128 Å². The van der Waals surface area contributed by atoms with Gasteiger partial charge in [-0.25, -0.2) is 9.13 Å². The number of esters is 4. The first-order valence-electron chi connectivity index (χ1n) is 39.4. The van der Waals surface area contributed by atoms with Gasteiger partial charge in [0.1, 0.15) is 19.3 Å². The van der Waals surface area contributed by atoms with Crippen molar-refractivity contribution >= 4 is 39.5 Å². The number of carbonyl (C=O) groups excluding carboxylic acids is 4. The number of allylic oxidation sites excluding steroid dienone is 22. The number of unbranched alkanes of at least 4 members (excludes halogenated alkanes) is 25. The van der Waals surface area contributed by atoms with E-state index in [0.717, 1.165) is 161 Å². The quantitative estimate of drug-likeness (QED) is 0.0169. The molecule has 0 saturated carbocycles. The Morgan fingerprint density at radius 1 is 0.284 bits per heavy atom. The highest BCUT2D eigenvalue weighted by molar-refractivity contribution is 7.47. The summed E-state index contributed by atoms with van der Waals surface area (Å²) in [7, 11) is -9.98. The maximum atomic E-state index is 13.1. The lowest BCUT2D eigenvalue weighted by atomic mass is 10.0. The molecular weight excluding hydrogens is 1330 g/mol. The van der Waals surface area contributed by atoms with Crippen LogP contribution in [0, 0.1) is 0 Å². The highest BCUT2D eigenvalue weighted by Crippen LogP contribution is 2.45. The van der Waals surface area contributed by atoms with E-state index in [-0.39, 0.29) is 25.7 Å². The lowest BCUT2D eigenvalue weighted by Crippen LogP contribution is -2.30. The van der Waals surface area contributed by atoms with E-state index in [2.05, 4.69) is 149 Å². The van der Waals surface area contributed by atoms with E-state index in [4.69, 9.17) is 37.0 Å². The summed E-state index contributed by atoms with van der Waals surface area (Å²) in [6.45, 7) is 4.49. The van der Waals surface area contributed by atoms with Crippen LogP contribution >= 0.6 is 15.6 Å². The molecule has 0 rings (SSSR count). The summed E-state index contributed by atoms with van der Waals surface area (Å²) in [5, 5.41) is 10.6. The molecule has 0 radical (unpaired) electrons. The molecule has 0 saturated heterocycles. The number of hydrogen-bond donors (Lipinski definition) is 3. The van der Waals surface area contributed by atoms with Crippen molar-refractivity contribution in [2.24, 2.45) is 0 Å². The van der Waals surface area contributed by atoms with Crippen LogP contribution in [0.3, 0.4) is 0 Å². The highest BCUT2D eigenvalue weighted by atomic mass is 31.2. The molecule has 0 aromatic rings. The van der Waals surface area contributed by atoms with Crippen molar-refractivity contribution in [1.82, 2.24) is 0 Å². The van der Waals surface area contributed by atoms with Crippen LogP contribution in [0.4, 0.5) is 0 Å². The average molecular weight is 1470 g/mol. The van der Waals surface area contributed by atoms with Gasteiger partial charge in [-0.2, -0.15) is 0 Å². The smallest absolute Gasteiger partial charge is 0.462 e. The van der Waals surface area contributed by atoms with Crippen LogP contribution in [-0.4, -0.2) is 96.7 Å². The first kappa shape index (κ1) is 97.2. The maximum absolute atomic E-state index is 13.1. The Hall–Kier alpha value is -4.80. The highest BCUT2D eigenvalue weighted by Gasteiger charge is 2.30. The molecule has 17 nitrogen and oxygen atoms in total. The molecule has 0 fully saturated rings. The van der Waals surface area contributed by atoms with Crippen LogP contribution in [0.25, 0.3) is 0 Å². The van der Waals surface area contributed by atoms with Gasteiger partial charge in [0.2, 0.25) is 0 Å². The van der Waals surface area contributed by atoms with E-state index in [1.807, 2.05) is 12.2 Å². The number of aliphatic hydroxyl groups is 1. The van der Waals surface area contributed by atoms with Crippen molar-refractivity contribution in [3.8, 4) is 0 Å². The van der Waals surface area contributed by atoms with Gasteiger partial charge in [0.05, 0.1) is 26.4 Å². The number of phosphoric acid groups is 2. The molecule has 0 aromatic carbocycles. The molecule has 0 amide bonds. The number of phosphoric ester groups is 2. The predicted octanol–water partition coefficient (Wildman–Crippen LogP) is 22.9. The molecule has 0 aliphatic rings. The summed E-state index contributed by atoms with van der Waals surface area (Å²) in [5.74, 6) is -2.28. The van der Waals surface area contributed by atoms with Crippen LogP contribution in [-0.2, 0) is 65.4 Å². The van der Waals surface area contributed by atoms with Crippen molar-refractivity contribution in [3.63, 3.8) is 0 Å².